The van der Waals surface area contributed by atoms with Gasteiger partial charge in [-0.15, -0.1) is 11.8 Å². The van der Waals surface area contributed by atoms with Gasteiger partial charge in [-0.25, -0.2) is 4.99 Å². The van der Waals surface area contributed by atoms with Gasteiger partial charge in [-0.1, -0.05) is 6.07 Å². The van der Waals surface area contributed by atoms with Crippen LogP contribution in [0.25, 0.3) is 0 Å². The summed E-state index contributed by atoms with van der Waals surface area (Å²) in [4.78, 5) is 18.8. The van der Waals surface area contributed by atoms with E-state index in [1.807, 2.05) is 56.1 Å². The zero-order valence-electron chi connectivity index (χ0n) is 18.4. The first-order valence-corrected chi connectivity index (χ1v) is 11.3. The molecule has 166 valence electrons. The summed E-state index contributed by atoms with van der Waals surface area (Å²) in [5, 5.41) is 10.6. The average molecular weight is 452 g/mol. The molecule has 1 aliphatic heterocycles. The molecule has 0 aliphatic carbocycles. The number of amides is 1. The number of nitrogens with one attached hydrogen (secondary N) is 2. The van der Waals surface area contributed by atoms with E-state index in [1.54, 1.807) is 30.0 Å². The van der Waals surface area contributed by atoms with Crippen LogP contribution in [0.15, 0.2) is 52.4 Å². The molecule has 1 aromatic heterocycles. The van der Waals surface area contributed by atoms with Crippen LogP contribution in [0.2, 0.25) is 0 Å². The number of hydrogen-bond donors (Lipinski definition) is 2. The molecule has 4 rings (SSSR count). The van der Waals surface area contributed by atoms with Gasteiger partial charge in [0.05, 0.1) is 12.2 Å². The summed E-state index contributed by atoms with van der Waals surface area (Å²) in [5.74, 6) is 1.24. The molecule has 3 aromatic rings. The fourth-order valence-electron chi connectivity index (χ4n) is 3.37. The highest BCUT2D eigenvalue weighted by Crippen LogP contribution is 2.32. The average Bonchev–Trinajstić information content (AvgIpc) is 3.35. The number of nitrogens with zero attached hydrogens (tertiary/aromatic N) is 3. The van der Waals surface area contributed by atoms with Crippen molar-refractivity contribution in [1.82, 2.24) is 15.1 Å². The highest BCUT2D eigenvalue weighted by Gasteiger charge is 2.18. The summed E-state index contributed by atoms with van der Waals surface area (Å²) in [5.41, 5.74) is 4.27. The lowest BCUT2D eigenvalue weighted by molar-refractivity contribution is 0.0976. The molecule has 0 unspecified atom stereocenters. The standard InChI is InChI=1S/C23H25N5O3S/c1-14-19(15(2)28(3)27-14)12-24-23(25-17-6-5-7-18(11-17)32-4)26-22(29)16-8-9-20-21(10-16)31-13-30-20/h5-11H,12-13H2,1-4H3,(H2,24,25,26,29). The van der Waals surface area contributed by atoms with Crippen LogP contribution in [-0.4, -0.2) is 34.7 Å². The van der Waals surface area contributed by atoms with Gasteiger partial charge in [0.25, 0.3) is 5.91 Å². The normalized spacial score (nSPS) is 12.7. The van der Waals surface area contributed by atoms with Crippen molar-refractivity contribution < 1.29 is 14.3 Å². The van der Waals surface area contributed by atoms with Gasteiger partial charge in [-0.05, 0) is 56.5 Å². The molecule has 2 N–H and O–H groups in total. The molecule has 8 nitrogen and oxygen atoms in total. The van der Waals surface area contributed by atoms with Crippen LogP contribution in [-0.2, 0) is 13.6 Å². The first-order valence-electron chi connectivity index (χ1n) is 10.1. The minimum Gasteiger partial charge on any atom is -0.454 e. The molecule has 0 radical (unpaired) electrons. The molecule has 32 heavy (non-hydrogen) atoms. The number of benzene rings is 2. The van der Waals surface area contributed by atoms with Gasteiger partial charge in [0, 0.05) is 34.5 Å². The third kappa shape index (κ3) is 4.72. The smallest absolute Gasteiger partial charge is 0.258 e. The topological polar surface area (TPSA) is 89.8 Å². The largest absolute Gasteiger partial charge is 0.454 e. The summed E-state index contributed by atoms with van der Waals surface area (Å²) in [6.45, 7) is 4.50. The second-order valence-corrected chi connectivity index (χ2v) is 8.20. The van der Waals surface area contributed by atoms with Crippen molar-refractivity contribution >= 4 is 29.3 Å². The van der Waals surface area contributed by atoms with Crippen molar-refractivity contribution in [2.45, 2.75) is 25.3 Å². The summed E-state index contributed by atoms with van der Waals surface area (Å²) in [7, 11) is 1.91. The van der Waals surface area contributed by atoms with Gasteiger partial charge in [0.1, 0.15) is 0 Å². The molecule has 0 atom stereocenters. The number of carbonyl (C=O) groups is 1. The SMILES string of the molecule is CSc1cccc(NC(=NCc2c(C)nn(C)c2C)NC(=O)c2ccc3c(c2)OCO3)c1. The van der Waals surface area contributed by atoms with Gasteiger partial charge in [0.15, 0.2) is 11.5 Å². The van der Waals surface area contributed by atoms with Crippen LogP contribution in [0, 0.1) is 13.8 Å². The maximum absolute atomic E-state index is 13.0. The Hall–Kier alpha value is -3.46. The number of ether oxygens (including phenoxy) is 2. The number of rotatable bonds is 5. The molecule has 9 heteroatoms. The molecule has 0 saturated heterocycles. The third-order valence-electron chi connectivity index (χ3n) is 5.25. The number of anilines is 1. The second kappa shape index (κ2) is 9.35. The summed E-state index contributed by atoms with van der Waals surface area (Å²) >= 11 is 1.65. The first-order chi connectivity index (χ1) is 15.4. The summed E-state index contributed by atoms with van der Waals surface area (Å²) < 4.78 is 12.6. The Bertz CT molecular complexity index is 1190. The predicted molar refractivity (Wildman–Crippen MR) is 126 cm³/mol. The maximum Gasteiger partial charge on any atom is 0.258 e. The number of guanidine groups is 1. The highest BCUT2D eigenvalue weighted by molar-refractivity contribution is 7.98. The lowest BCUT2D eigenvalue weighted by atomic mass is 10.2. The van der Waals surface area contributed by atoms with Crippen LogP contribution < -0.4 is 20.1 Å². The van der Waals surface area contributed by atoms with Crippen LogP contribution in [0.5, 0.6) is 11.5 Å². The fourth-order valence-corrected chi connectivity index (χ4v) is 3.83. The van der Waals surface area contributed by atoms with Crippen molar-refractivity contribution in [2.75, 3.05) is 18.4 Å². The number of aliphatic imine (C=N–C) groups is 1. The van der Waals surface area contributed by atoms with E-state index >= 15 is 0 Å². The Kier molecular flexibility index (Phi) is 6.36. The third-order valence-corrected chi connectivity index (χ3v) is 5.98. The zero-order valence-corrected chi connectivity index (χ0v) is 19.2. The van der Waals surface area contributed by atoms with E-state index in [1.165, 1.54) is 0 Å². The van der Waals surface area contributed by atoms with Gasteiger partial charge in [-0.3, -0.25) is 14.8 Å². The van der Waals surface area contributed by atoms with E-state index < -0.39 is 0 Å². The van der Waals surface area contributed by atoms with E-state index in [2.05, 4.69) is 20.7 Å². The lowest BCUT2D eigenvalue weighted by Crippen LogP contribution is -2.36. The van der Waals surface area contributed by atoms with E-state index in [9.17, 15) is 4.79 Å². The second-order valence-electron chi connectivity index (χ2n) is 7.32. The Balaban J connectivity index is 1.59. The van der Waals surface area contributed by atoms with Crippen LogP contribution >= 0.6 is 11.8 Å². The van der Waals surface area contributed by atoms with Crippen LogP contribution in [0.4, 0.5) is 5.69 Å². The number of fused-ring (bicyclic) bond motifs is 1. The van der Waals surface area contributed by atoms with Gasteiger partial charge >= 0.3 is 0 Å². The minimum absolute atomic E-state index is 0.157. The predicted octanol–water partition coefficient (Wildman–Crippen LogP) is 3.89. The molecule has 1 aliphatic rings. The van der Waals surface area contributed by atoms with Crippen LogP contribution in [0.1, 0.15) is 27.3 Å². The van der Waals surface area contributed by atoms with Crippen molar-refractivity contribution in [1.29, 1.82) is 0 Å². The van der Waals surface area contributed by atoms with Crippen molar-refractivity contribution in [3.8, 4) is 11.5 Å². The number of thioether (sulfide) groups is 1. The molecule has 0 bridgehead atoms. The fraction of sp³-hybridized carbons (Fsp3) is 0.261. The highest BCUT2D eigenvalue weighted by atomic mass is 32.2. The Labute approximate surface area is 191 Å². The molecular formula is C23H25N5O3S. The van der Waals surface area contributed by atoms with E-state index in [0.717, 1.165) is 27.5 Å². The molecule has 0 spiro atoms. The van der Waals surface area contributed by atoms with Crippen molar-refractivity contribution in [3.05, 3.63) is 65.0 Å². The Morgan fingerprint density at radius 3 is 2.75 bits per heavy atom. The van der Waals surface area contributed by atoms with Gasteiger partial charge in [0.2, 0.25) is 12.8 Å². The molecule has 2 heterocycles. The minimum atomic E-state index is -0.296. The van der Waals surface area contributed by atoms with Gasteiger partial charge < -0.3 is 14.8 Å². The molecule has 0 fully saturated rings. The first kappa shape index (κ1) is 21.8. The molecular weight excluding hydrogens is 426 g/mol. The van der Waals surface area contributed by atoms with Crippen molar-refractivity contribution in [3.63, 3.8) is 0 Å². The van der Waals surface area contributed by atoms with E-state index in [-0.39, 0.29) is 12.7 Å². The molecule has 2 aromatic carbocycles. The maximum atomic E-state index is 13.0. The lowest BCUT2D eigenvalue weighted by Gasteiger charge is -2.13. The Morgan fingerprint density at radius 1 is 1.19 bits per heavy atom. The molecule has 0 saturated carbocycles. The number of hydrogen-bond acceptors (Lipinski definition) is 6. The van der Waals surface area contributed by atoms with Crippen LogP contribution in [0.3, 0.4) is 0 Å². The van der Waals surface area contributed by atoms with E-state index in [4.69, 9.17) is 9.47 Å². The molecule has 1 amide bonds. The monoisotopic (exact) mass is 451 g/mol. The summed E-state index contributed by atoms with van der Waals surface area (Å²) in [6, 6.07) is 13.0. The Morgan fingerprint density at radius 2 is 2.00 bits per heavy atom. The summed E-state index contributed by atoms with van der Waals surface area (Å²) in [6.07, 6.45) is 2.02. The quantitative estimate of drug-likeness (QED) is 0.348. The van der Waals surface area contributed by atoms with Crippen molar-refractivity contribution in [2.24, 2.45) is 12.0 Å². The van der Waals surface area contributed by atoms with Gasteiger partial charge in [-0.2, -0.15) is 5.10 Å². The zero-order chi connectivity index (χ0) is 22.7. The number of carbonyl (C=O) groups excluding carboxylic acids is 1. The number of aromatic nitrogens is 2. The number of aryl methyl sites for hydroxylation is 2. The van der Waals surface area contributed by atoms with E-state index in [0.29, 0.717) is 29.6 Å².